The molecular formula is C23H16BNO. The van der Waals surface area contributed by atoms with Gasteiger partial charge in [0.05, 0.1) is 0 Å². The van der Waals surface area contributed by atoms with Crippen molar-refractivity contribution in [2.45, 2.75) is 0 Å². The molecule has 0 unspecified atom stereocenters. The summed E-state index contributed by atoms with van der Waals surface area (Å²) in [6.07, 6.45) is 0. The Balaban J connectivity index is 1.67. The molecule has 0 saturated heterocycles. The topological polar surface area (TPSA) is 26.0 Å². The maximum absolute atomic E-state index is 6.08. The van der Waals surface area contributed by atoms with Gasteiger partial charge in [0.1, 0.15) is 13.4 Å². The third kappa shape index (κ3) is 2.49. The van der Waals surface area contributed by atoms with Crippen molar-refractivity contribution in [1.82, 2.24) is 4.98 Å². The zero-order chi connectivity index (χ0) is 17.5. The van der Waals surface area contributed by atoms with Crippen molar-refractivity contribution >= 4 is 35.2 Å². The normalized spacial score (nSPS) is 11.2. The van der Waals surface area contributed by atoms with Gasteiger partial charge < -0.3 is 4.42 Å². The van der Waals surface area contributed by atoms with Crippen LogP contribution in [-0.4, -0.2) is 12.8 Å². The lowest BCUT2D eigenvalue weighted by Gasteiger charge is -2.07. The number of aromatic nitrogens is 1. The average molecular weight is 333 g/mol. The maximum Gasteiger partial charge on any atom is 0.227 e. The lowest BCUT2D eigenvalue weighted by atomic mass is 9.86. The van der Waals surface area contributed by atoms with Crippen LogP contribution in [0.1, 0.15) is 0 Å². The molecule has 0 spiro atoms. The van der Waals surface area contributed by atoms with Crippen molar-refractivity contribution < 1.29 is 4.42 Å². The highest BCUT2D eigenvalue weighted by atomic mass is 16.3. The summed E-state index contributed by atoms with van der Waals surface area (Å²) in [4.78, 5) is 4.73. The fourth-order valence-corrected chi connectivity index (χ4v) is 3.42. The van der Waals surface area contributed by atoms with Gasteiger partial charge in [0.25, 0.3) is 0 Å². The van der Waals surface area contributed by atoms with Crippen LogP contribution in [0.15, 0.2) is 89.3 Å². The molecule has 0 atom stereocenters. The highest BCUT2D eigenvalue weighted by molar-refractivity contribution is 6.36. The monoisotopic (exact) mass is 333 g/mol. The molecule has 0 saturated carbocycles. The van der Waals surface area contributed by atoms with E-state index in [0.717, 1.165) is 22.0 Å². The van der Waals surface area contributed by atoms with Crippen molar-refractivity contribution in [2.24, 2.45) is 0 Å². The van der Waals surface area contributed by atoms with Crippen LogP contribution in [0, 0.1) is 0 Å². The summed E-state index contributed by atoms with van der Waals surface area (Å²) >= 11 is 0. The van der Waals surface area contributed by atoms with Crippen LogP contribution in [0.4, 0.5) is 0 Å². The Hall–Kier alpha value is -3.33. The lowest BCUT2D eigenvalue weighted by molar-refractivity contribution is 0.620. The number of oxazole rings is 1. The first-order valence-corrected chi connectivity index (χ1v) is 8.74. The molecule has 0 fully saturated rings. The first-order chi connectivity index (χ1) is 12.8. The zero-order valence-electron chi connectivity index (χ0n) is 14.4. The van der Waals surface area contributed by atoms with Crippen LogP contribution >= 0.6 is 0 Å². The highest BCUT2D eigenvalue weighted by Gasteiger charge is 2.11. The standard InChI is InChI=1S/C23H16BNO/c24-20-11-10-18(12-19(20)15-6-2-1-3-7-15)23-25-21-13-16-8-4-5-9-17(16)14-22(21)26-23/h1-14H,24H2. The van der Waals surface area contributed by atoms with Gasteiger partial charge in [-0.15, -0.1) is 0 Å². The van der Waals surface area contributed by atoms with E-state index in [9.17, 15) is 0 Å². The van der Waals surface area contributed by atoms with Crippen molar-refractivity contribution in [1.29, 1.82) is 0 Å². The summed E-state index contributed by atoms with van der Waals surface area (Å²) < 4.78 is 6.08. The predicted octanol–water partition coefficient (Wildman–Crippen LogP) is 4.57. The summed E-state index contributed by atoms with van der Waals surface area (Å²) in [5, 5.41) is 2.34. The molecule has 122 valence electrons. The van der Waals surface area contributed by atoms with Gasteiger partial charge in [0, 0.05) is 5.56 Å². The Morgan fingerprint density at radius 2 is 1.42 bits per heavy atom. The van der Waals surface area contributed by atoms with E-state index in [1.54, 1.807) is 0 Å². The van der Waals surface area contributed by atoms with E-state index in [4.69, 9.17) is 9.40 Å². The van der Waals surface area contributed by atoms with E-state index < -0.39 is 0 Å². The third-order valence-electron chi connectivity index (χ3n) is 4.83. The lowest BCUT2D eigenvalue weighted by Crippen LogP contribution is -2.06. The van der Waals surface area contributed by atoms with E-state index in [-0.39, 0.29) is 0 Å². The van der Waals surface area contributed by atoms with Crippen LogP contribution in [0.2, 0.25) is 0 Å². The Bertz CT molecular complexity index is 1190. The second-order valence-corrected chi connectivity index (χ2v) is 6.58. The van der Waals surface area contributed by atoms with Gasteiger partial charge in [0.15, 0.2) is 5.58 Å². The van der Waals surface area contributed by atoms with Crippen LogP contribution < -0.4 is 5.46 Å². The fraction of sp³-hybridized carbons (Fsp3) is 0. The maximum atomic E-state index is 6.08. The largest absolute Gasteiger partial charge is 0.436 e. The van der Waals surface area contributed by atoms with E-state index in [0.29, 0.717) is 5.89 Å². The Kier molecular flexibility index (Phi) is 3.39. The molecule has 0 aliphatic rings. The SMILES string of the molecule is Bc1ccc(-c2nc3cc4ccccc4cc3o2)cc1-c1ccccc1. The van der Waals surface area contributed by atoms with Crippen LogP contribution in [0.25, 0.3) is 44.5 Å². The molecule has 1 heterocycles. The Morgan fingerprint density at radius 3 is 2.23 bits per heavy atom. The summed E-state index contributed by atoms with van der Waals surface area (Å²) in [7, 11) is 2.13. The third-order valence-corrected chi connectivity index (χ3v) is 4.83. The van der Waals surface area contributed by atoms with Gasteiger partial charge in [-0.05, 0) is 40.1 Å². The number of benzene rings is 4. The van der Waals surface area contributed by atoms with Gasteiger partial charge in [-0.3, -0.25) is 0 Å². The quantitative estimate of drug-likeness (QED) is 0.442. The molecule has 5 aromatic rings. The van der Waals surface area contributed by atoms with Gasteiger partial charge in [-0.25, -0.2) is 4.98 Å². The Morgan fingerprint density at radius 1 is 0.692 bits per heavy atom. The Labute approximate surface area is 152 Å². The van der Waals surface area contributed by atoms with E-state index >= 15 is 0 Å². The first kappa shape index (κ1) is 15.0. The number of fused-ring (bicyclic) bond motifs is 2. The molecule has 5 rings (SSSR count). The van der Waals surface area contributed by atoms with Crippen LogP contribution in [0.5, 0.6) is 0 Å². The molecular weight excluding hydrogens is 317 g/mol. The number of rotatable bonds is 2. The molecule has 0 N–H and O–H groups in total. The minimum atomic E-state index is 0.660. The number of hydrogen-bond acceptors (Lipinski definition) is 2. The summed E-state index contributed by atoms with van der Waals surface area (Å²) in [5.74, 6) is 0.660. The molecule has 1 aromatic heterocycles. The minimum Gasteiger partial charge on any atom is -0.436 e. The van der Waals surface area contributed by atoms with Gasteiger partial charge >= 0.3 is 0 Å². The number of nitrogens with zero attached hydrogens (tertiary/aromatic N) is 1. The summed E-state index contributed by atoms with van der Waals surface area (Å²) in [6, 6.07) is 29.2. The van der Waals surface area contributed by atoms with E-state index in [2.05, 4.69) is 74.6 Å². The van der Waals surface area contributed by atoms with Crippen molar-refractivity contribution in [3.8, 4) is 22.6 Å². The van der Waals surface area contributed by atoms with Crippen LogP contribution in [0.3, 0.4) is 0 Å². The van der Waals surface area contributed by atoms with E-state index in [1.165, 1.54) is 22.0 Å². The smallest absolute Gasteiger partial charge is 0.227 e. The number of hydrogen-bond donors (Lipinski definition) is 0. The molecule has 0 bridgehead atoms. The van der Waals surface area contributed by atoms with Crippen LogP contribution in [-0.2, 0) is 0 Å². The first-order valence-electron chi connectivity index (χ1n) is 8.74. The molecule has 3 heteroatoms. The second-order valence-electron chi connectivity index (χ2n) is 6.58. The highest BCUT2D eigenvalue weighted by Crippen LogP contribution is 2.29. The van der Waals surface area contributed by atoms with Gasteiger partial charge in [-0.2, -0.15) is 0 Å². The molecule has 2 nitrogen and oxygen atoms in total. The van der Waals surface area contributed by atoms with Crippen molar-refractivity contribution in [2.75, 3.05) is 0 Å². The predicted molar refractivity (Wildman–Crippen MR) is 111 cm³/mol. The van der Waals surface area contributed by atoms with Gasteiger partial charge in [0.2, 0.25) is 5.89 Å². The second kappa shape index (κ2) is 5.89. The van der Waals surface area contributed by atoms with E-state index in [1.807, 2.05) is 18.2 Å². The van der Waals surface area contributed by atoms with Crippen molar-refractivity contribution in [3.05, 3.63) is 84.9 Å². The average Bonchev–Trinajstić information content (AvgIpc) is 3.10. The molecule has 0 amide bonds. The molecule has 4 aromatic carbocycles. The molecule has 0 aliphatic carbocycles. The minimum absolute atomic E-state index is 0.660. The van der Waals surface area contributed by atoms with Crippen molar-refractivity contribution in [3.63, 3.8) is 0 Å². The summed E-state index contributed by atoms with van der Waals surface area (Å²) in [6.45, 7) is 0. The van der Waals surface area contributed by atoms with Gasteiger partial charge in [-0.1, -0.05) is 72.2 Å². The zero-order valence-corrected chi connectivity index (χ0v) is 14.4. The summed E-state index contributed by atoms with van der Waals surface area (Å²) in [5.41, 5.74) is 6.35. The molecule has 0 aliphatic heterocycles. The molecule has 0 radical (unpaired) electrons. The fourth-order valence-electron chi connectivity index (χ4n) is 3.42. The molecule has 26 heavy (non-hydrogen) atoms.